The lowest BCUT2D eigenvalue weighted by Gasteiger charge is -2.06. The van der Waals surface area contributed by atoms with Crippen molar-refractivity contribution >= 4 is 17.4 Å². The number of hydrogen-bond donors (Lipinski definition) is 1. The molecule has 2 rings (SSSR count). The first kappa shape index (κ1) is 12.0. The minimum atomic E-state index is -0.197. The highest BCUT2D eigenvalue weighted by Gasteiger charge is 1.98. The second kappa shape index (κ2) is 6.30. The minimum Gasteiger partial charge on any atom is -0.382 e. The Morgan fingerprint density at radius 2 is 1.65 bits per heavy atom. The topological polar surface area (TPSA) is 12.0 Å². The Labute approximate surface area is 105 Å². The van der Waals surface area contributed by atoms with Gasteiger partial charge in [0, 0.05) is 17.2 Å². The molecule has 2 aromatic carbocycles. The molecule has 0 unspecified atom stereocenters. The standard InChI is InChI=1S/C14H14FNS/c15-13-8-4-5-9-14(13)16-10-11-17-12-6-2-1-3-7-12/h1-9,16H,10-11H2. The predicted molar refractivity (Wildman–Crippen MR) is 72.1 cm³/mol. The van der Waals surface area contributed by atoms with E-state index in [1.165, 1.54) is 11.0 Å². The van der Waals surface area contributed by atoms with Crippen LogP contribution in [-0.4, -0.2) is 12.3 Å². The summed E-state index contributed by atoms with van der Waals surface area (Å²) in [7, 11) is 0. The van der Waals surface area contributed by atoms with Crippen molar-refractivity contribution < 1.29 is 4.39 Å². The Balaban J connectivity index is 1.76. The van der Waals surface area contributed by atoms with Crippen LogP contribution in [0.4, 0.5) is 10.1 Å². The molecule has 0 saturated carbocycles. The van der Waals surface area contributed by atoms with Crippen LogP contribution in [0.25, 0.3) is 0 Å². The summed E-state index contributed by atoms with van der Waals surface area (Å²) < 4.78 is 13.3. The Kier molecular flexibility index (Phi) is 4.45. The van der Waals surface area contributed by atoms with Gasteiger partial charge >= 0.3 is 0 Å². The van der Waals surface area contributed by atoms with E-state index in [2.05, 4.69) is 17.4 Å². The number of anilines is 1. The fraction of sp³-hybridized carbons (Fsp3) is 0.143. The van der Waals surface area contributed by atoms with E-state index in [9.17, 15) is 4.39 Å². The summed E-state index contributed by atoms with van der Waals surface area (Å²) >= 11 is 1.76. The van der Waals surface area contributed by atoms with Gasteiger partial charge in [0.1, 0.15) is 5.82 Å². The summed E-state index contributed by atoms with van der Waals surface area (Å²) in [6.45, 7) is 0.750. The largest absolute Gasteiger partial charge is 0.382 e. The molecule has 1 N–H and O–H groups in total. The molecule has 3 heteroatoms. The van der Waals surface area contributed by atoms with Gasteiger partial charge in [-0.1, -0.05) is 30.3 Å². The van der Waals surface area contributed by atoms with Crippen molar-refractivity contribution in [3.8, 4) is 0 Å². The zero-order valence-electron chi connectivity index (χ0n) is 9.40. The fourth-order valence-corrected chi connectivity index (χ4v) is 2.27. The molecule has 0 aliphatic rings. The van der Waals surface area contributed by atoms with Crippen LogP contribution in [-0.2, 0) is 0 Å². The van der Waals surface area contributed by atoms with Gasteiger partial charge in [0.05, 0.1) is 5.69 Å². The number of rotatable bonds is 5. The average Bonchev–Trinajstić information content (AvgIpc) is 2.38. The molecule has 0 atom stereocenters. The first-order chi connectivity index (χ1) is 8.36. The third-order valence-corrected chi connectivity index (χ3v) is 3.32. The third-order valence-electron chi connectivity index (χ3n) is 2.30. The van der Waals surface area contributed by atoms with Crippen LogP contribution >= 0.6 is 11.8 Å². The summed E-state index contributed by atoms with van der Waals surface area (Å²) in [4.78, 5) is 1.24. The SMILES string of the molecule is Fc1ccccc1NCCSc1ccccc1. The van der Waals surface area contributed by atoms with E-state index in [1.807, 2.05) is 24.3 Å². The van der Waals surface area contributed by atoms with E-state index in [0.29, 0.717) is 5.69 Å². The van der Waals surface area contributed by atoms with Gasteiger partial charge in [-0.25, -0.2) is 4.39 Å². The van der Waals surface area contributed by atoms with Crippen LogP contribution in [0.15, 0.2) is 59.5 Å². The van der Waals surface area contributed by atoms with Gasteiger partial charge in [-0.2, -0.15) is 0 Å². The molecule has 0 amide bonds. The van der Waals surface area contributed by atoms with Gasteiger partial charge < -0.3 is 5.32 Å². The number of nitrogens with one attached hydrogen (secondary N) is 1. The van der Waals surface area contributed by atoms with Crippen LogP contribution in [0, 0.1) is 5.82 Å². The Morgan fingerprint density at radius 3 is 2.41 bits per heavy atom. The molecule has 17 heavy (non-hydrogen) atoms. The van der Waals surface area contributed by atoms with Gasteiger partial charge in [0.25, 0.3) is 0 Å². The van der Waals surface area contributed by atoms with E-state index in [0.717, 1.165) is 12.3 Å². The molecule has 1 nitrogen and oxygen atoms in total. The van der Waals surface area contributed by atoms with Crippen LogP contribution in [0.3, 0.4) is 0 Å². The summed E-state index contributed by atoms with van der Waals surface area (Å²) in [5.41, 5.74) is 0.571. The van der Waals surface area contributed by atoms with Crippen molar-refractivity contribution in [2.24, 2.45) is 0 Å². The van der Waals surface area contributed by atoms with Crippen molar-refractivity contribution in [1.82, 2.24) is 0 Å². The van der Waals surface area contributed by atoms with Crippen LogP contribution in [0.1, 0.15) is 0 Å². The Bertz CT molecular complexity index is 459. The summed E-state index contributed by atoms with van der Waals surface area (Å²) in [6.07, 6.45) is 0. The molecule has 0 spiro atoms. The molecule has 0 fully saturated rings. The second-order valence-electron chi connectivity index (χ2n) is 3.57. The molecular weight excluding hydrogens is 233 g/mol. The molecule has 0 heterocycles. The van der Waals surface area contributed by atoms with Gasteiger partial charge in [0.2, 0.25) is 0 Å². The highest BCUT2D eigenvalue weighted by atomic mass is 32.2. The highest BCUT2D eigenvalue weighted by molar-refractivity contribution is 7.99. The number of hydrogen-bond acceptors (Lipinski definition) is 2. The summed E-state index contributed by atoms with van der Waals surface area (Å²) in [5, 5.41) is 3.09. The summed E-state index contributed by atoms with van der Waals surface area (Å²) in [5.74, 6) is 0.718. The number of para-hydroxylation sites is 1. The van der Waals surface area contributed by atoms with Gasteiger partial charge in [-0.05, 0) is 24.3 Å². The van der Waals surface area contributed by atoms with E-state index in [1.54, 1.807) is 23.9 Å². The number of halogens is 1. The van der Waals surface area contributed by atoms with Crippen molar-refractivity contribution in [2.75, 3.05) is 17.6 Å². The first-order valence-corrected chi connectivity index (χ1v) is 6.51. The fourth-order valence-electron chi connectivity index (χ4n) is 1.48. The monoisotopic (exact) mass is 247 g/mol. The zero-order chi connectivity index (χ0) is 11.9. The number of benzene rings is 2. The smallest absolute Gasteiger partial charge is 0.146 e. The molecule has 0 aliphatic carbocycles. The van der Waals surface area contributed by atoms with Gasteiger partial charge in [-0.3, -0.25) is 0 Å². The molecule has 88 valence electrons. The van der Waals surface area contributed by atoms with Crippen molar-refractivity contribution in [3.63, 3.8) is 0 Å². The molecule has 0 radical (unpaired) electrons. The van der Waals surface area contributed by atoms with Crippen molar-refractivity contribution in [3.05, 3.63) is 60.4 Å². The quantitative estimate of drug-likeness (QED) is 0.632. The molecule has 0 saturated heterocycles. The van der Waals surface area contributed by atoms with Crippen LogP contribution in [0.5, 0.6) is 0 Å². The summed E-state index contributed by atoms with van der Waals surface area (Å²) in [6, 6.07) is 16.9. The first-order valence-electron chi connectivity index (χ1n) is 5.52. The predicted octanol–water partition coefficient (Wildman–Crippen LogP) is 4.03. The second-order valence-corrected chi connectivity index (χ2v) is 4.74. The molecular formula is C14H14FNS. The lowest BCUT2D eigenvalue weighted by molar-refractivity contribution is 0.630. The normalized spacial score (nSPS) is 10.2. The lowest BCUT2D eigenvalue weighted by Crippen LogP contribution is -2.05. The van der Waals surface area contributed by atoms with Crippen molar-refractivity contribution in [2.45, 2.75) is 4.90 Å². The van der Waals surface area contributed by atoms with Gasteiger partial charge in [0.15, 0.2) is 0 Å². The van der Waals surface area contributed by atoms with Crippen molar-refractivity contribution in [1.29, 1.82) is 0 Å². The van der Waals surface area contributed by atoms with E-state index in [-0.39, 0.29) is 5.82 Å². The number of thioether (sulfide) groups is 1. The maximum absolute atomic E-state index is 13.3. The van der Waals surface area contributed by atoms with E-state index in [4.69, 9.17) is 0 Å². The molecule has 0 aliphatic heterocycles. The maximum Gasteiger partial charge on any atom is 0.146 e. The molecule has 0 bridgehead atoms. The highest BCUT2D eigenvalue weighted by Crippen LogP contribution is 2.17. The zero-order valence-corrected chi connectivity index (χ0v) is 10.2. The van der Waals surface area contributed by atoms with E-state index < -0.39 is 0 Å². The molecule has 0 aromatic heterocycles. The Morgan fingerprint density at radius 1 is 0.941 bits per heavy atom. The minimum absolute atomic E-state index is 0.197. The van der Waals surface area contributed by atoms with E-state index >= 15 is 0 Å². The maximum atomic E-state index is 13.3. The third kappa shape index (κ3) is 3.79. The van der Waals surface area contributed by atoms with Crippen LogP contribution in [0.2, 0.25) is 0 Å². The molecule has 2 aromatic rings. The average molecular weight is 247 g/mol. The van der Waals surface area contributed by atoms with Crippen LogP contribution < -0.4 is 5.32 Å². The van der Waals surface area contributed by atoms with Gasteiger partial charge in [-0.15, -0.1) is 11.8 Å². The lowest BCUT2D eigenvalue weighted by atomic mass is 10.3. The Hall–Kier alpha value is -1.48.